The van der Waals surface area contributed by atoms with Crippen molar-refractivity contribution in [2.24, 2.45) is 5.84 Å². The summed E-state index contributed by atoms with van der Waals surface area (Å²) in [4.78, 5) is 18.4. The molecule has 0 unspecified atom stereocenters. The summed E-state index contributed by atoms with van der Waals surface area (Å²) in [5, 5.41) is 0. The third-order valence-electron chi connectivity index (χ3n) is 3.62. The Morgan fingerprint density at radius 2 is 2.24 bits per heavy atom. The molecule has 0 saturated carbocycles. The quantitative estimate of drug-likeness (QED) is 0.430. The zero-order valence-electron chi connectivity index (χ0n) is 10.0. The Morgan fingerprint density at radius 1 is 1.53 bits per heavy atom. The lowest BCUT2D eigenvalue weighted by Crippen LogP contribution is -2.52. The van der Waals surface area contributed by atoms with Gasteiger partial charge in [0.1, 0.15) is 0 Å². The van der Waals surface area contributed by atoms with Crippen molar-refractivity contribution >= 4 is 5.91 Å². The van der Waals surface area contributed by atoms with E-state index in [1.165, 1.54) is 0 Å². The lowest BCUT2D eigenvalue weighted by molar-refractivity contribution is -0.128. The average Bonchev–Trinajstić information content (AvgIpc) is 2.40. The summed E-state index contributed by atoms with van der Waals surface area (Å²) in [5.41, 5.74) is 2.74. The van der Waals surface area contributed by atoms with E-state index in [9.17, 15) is 4.79 Å². The van der Waals surface area contributed by atoms with Gasteiger partial charge in [0.25, 0.3) is 0 Å². The molecular weight excluding hydrogens is 216 g/mol. The first-order chi connectivity index (χ1) is 8.19. The van der Waals surface area contributed by atoms with Crippen LogP contribution in [0.1, 0.15) is 18.4 Å². The van der Waals surface area contributed by atoms with Crippen LogP contribution in [0.4, 0.5) is 0 Å². The molecule has 92 valence electrons. The molecule has 2 rings (SSSR count). The molecule has 1 amide bonds. The van der Waals surface area contributed by atoms with Crippen molar-refractivity contribution in [2.45, 2.75) is 18.3 Å². The molecule has 1 aliphatic rings. The maximum atomic E-state index is 12.1. The van der Waals surface area contributed by atoms with Crippen LogP contribution in [-0.4, -0.2) is 35.9 Å². The highest BCUT2D eigenvalue weighted by molar-refractivity contribution is 5.87. The van der Waals surface area contributed by atoms with Crippen LogP contribution in [0.25, 0.3) is 0 Å². The number of aromatic nitrogens is 1. The fourth-order valence-electron chi connectivity index (χ4n) is 2.43. The summed E-state index contributed by atoms with van der Waals surface area (Å²) in [7, 11) is 2.06. The van der Waals surface area contributed by atoms with E-state index in [4.69, 9.17) is 5.84 Å². The molecule has 1 aliphatic heterocycles. The van der Waals surface area contributed by atoms with Gasteiger partial charge in [-0.05, 0) is 44.6 Å². The van der Waals surface area contributed by atoms with Crippen LogP contribution >= 0.6 is 0 Å². The molecule has 5 nitrogen and oxygen atoms in total. The second kappa shape index (κ2) is 4.81. The molecule has 0 bridgehead atoms. The number of hydrogen-bond donors (Lipinski definition) is 2. The van der Waals surface area contributed by atoms with Gasteiger partial charge in [0.15, 0.2) is 0 Å². The molecule has 3 N–H and O–H groups in total. The van der Waals surface area contributed by atoms with Crippen LogP contribution in [0.2, 0.25) is 0 Å². The number of nitrogens with two attached hydrogens (primary N) is 1. The molecule has 0 radical (unpaired) electrons. The van der Waals surface area contributed by atoms with E-state index in [1.54, 1.807) is 12.4 Å². The zero-order chi connectivity index (χ0) is 12.3. The molecule has 1 aromatic rings. The van der Waals surface area contributed by atoms with Gasteiger partial charge >= 0.3 is 0 Å². The number of likely N-dealkylation sites (tertiary alicyclic amines) is 1. The maximum absolute atomic E-state index is 12.1. The summed E-state index contributed by atoms with van der Waals surface area (Å²) >= 11 is 0. The van der Waals surface area contributed by atoms with E-state index in [-0.39, 0.29) is 5.91 Å². The Morgan fingerprint density at radius 3 is 2.76 bits per heavy atom. The summed E-state index contributed by atoms with van der Waals surface area (Å²) < 4.78 is 0. The first kappa shape index (κ1) is 12.0. The molecule has 1 fully saturated rings. The van der Waals surface area contributed by atoms with Gasteiger partial charge in [-0.2, -0.15) is 0 Å². The normalized spacial score (nSPS) is 19.9. The van der Waals surface area contributed by atoms with Gasteiger partial charge in [-0.3, -0.25) is 15.2 Å². The highest BCUT2D eigenvalue weighted by Crippen LogP contribution is 2.34. The number of rotatable bonds is 2. The van der Waals surface area contributed by atoms with E-state index in [0.717, 1.165) is 31.5 Å². The molecule has 17 heavy (non-hydrogen) atoms. The highest BCUT2D eigenvalue weighted by Gasteiger charge is 2.42. The number of amides is 1. The lowest BCUT2D eigenvalue weighted by Gasteiger charge is -2.39. The van der Waals surface area contributed by atoms with Gasteiger partial charge < -0.3 is 4.90 Å². The first-order valence-corrected chi connectivity index (χ1v) is 5.79. The van der Waals surface area contributed by atoms with Crippen molar-refractivity contribution in [1.82, 2.24) is 15.3 Å². The van der Waals surface area contributed by atoms with E-state index in [1.807, 2.05) is 12.1 Å². The second-order valence-electron chi connectivity index (χ2n) is 4.60. The van der Waals surface area contributed by atoms with Gasteiger partial charge in [-0.15, -0.1) is 0 Å². The van der Waals surface area contributed by atoms with Crippen molar-refractivity contribution in [1.29, 1.82) is 0 Å². The highest BCUT2D eigenvalue weighted by atomic mass is 16.2. The number of nitrogens with zero attached hydrogens (tertiary/aromatic N) is 2. The molecular formula is C12H18N4O. The minimum atomic E-state index is -0.518. The van der Waals surface area contributed by atoms with Gasteiger partial charge in [-0.25, -0.2) is 5.84 Å². The zero-order valence-corrected chi connectivity index (χ0v) is 10.0. The number of nitrogens with one attached hydrogen (secondary N) is 1. The summed E-state index contributed by atoms with van der Waals surface area (Å²) in [5.74, 6) is 5.21. The Balaban J connectivity index is 2.35. The molecule has 0 spiro atoms. The SMILES string of the molecule is CN1CCC(C(=O)NN)(c2cccnc2)CC1. The van der Waals surface area contributed by atoms with E-state index >= 15 is 0 Å². The van der Waals surface area contributed by atoms with Crippen LogP contribution < -0.4 is 11.3 Å². The van der Waals surface area contributed by atoms with Crippen LogP contribution in [0.15, 0.2) is 24.5 Å². The number of carbonyl (C=O) groups excluding carboxylic acids is 1. The lowest BCUT2D eigenvalue weighted by atomic mass is 9.72. The Bertz CT molecular complexity index is 385. The third-order valence-corrected chi connectivity index (χ3v) is 3.62. The van der Waals surface area contributed by atoms with E-state index < -0.39 is 5.41 Å². The Labute approximate surface area is 101 Å². The second-order valence-corrected chi connectivity index (χ2v) is 4.60. The smallest absolute Gasteiger partial charge is 0.244 e. The van der Waals surface area contributed by atoms with Gasteiger partial charge in [0, 0.05) is 12.4 Å². The largest absolute Gasteiger partial charge is 0.306 e. The third kappa shape index (κ3) is 2.16. The van der Waals surface area contributed by atoms with Crippen LogP contribution in [0, 0.1) is 0 Å². The molecule has 0 aliphatic carbocycles. The molecule has 1 aromatic heterocycles. The molecule has 5 heteroatoms. The van der Waals surface area contributed by atoms with Crippen molar-refractivity contribution in [3.8, 4) is 0 Å². The molecule has 0 aromatic carbocycles. The Hall–Kier alpha value is -1.46. The minimum absolute atomic E-state index is 0.112. The average molecular weight is 234 g/mol. The van der Waals surface area contributed by atoms with E-state index in [2.05, 4.69) is 22.4 Å². The predicted octanol–water partition coefficient (Wildman–Crippen LogP) is 0.0349. The number of hydrogen-bond acceptors (Lipinski definition) is 4. The molecule has 1 saturated heterocycles. The van der Waals surface area contributed by atoms with Crippen LogP contribution in [0.5, 0.6) is 0 Å². The van der Waals surface area contributed by atoms with Gasteiger partial charge in [0.2, 0.25) is 5.91 Å². The topological polar surface area (TPSA) is 71.2 Å². The Kier molecular flexibility index (Phi) is 3.40. The van der Waals surface area contributed by atoms with Crippen molar-refractivity contribution in [3.05, 3.63) is 30.1 Å². The van der Waals surface area contributed by atoms with Gasteiger partial charge in [-0.1, -0.05) is 6.07 Å². The van der Waals surface area contributed by atoms with Gasteiger partial charge in [0.05, 0.1) is 5.41 Å². The van der Waals surface area contributed by atoms with Crippen molar-refractivity contribution < 1.29 is 4.79 Å². The molecule has 2 heterocycles. The van der Waals surface area contributed by atoms with Crippen LogP contribution in [-0.2, 0) is 10.2 Å². The summed E-state index contributed by atoms with van der Waals surface area (Å²) in [6, 6.07) is 3.81. The number of hydrazine groups is 1. The number of pyridine rings is 1. The van der Waals surface area contributed by atoms with Crippen molar-refractivity contribution in [2.75, 3.05) is 20.1 Å². The van der Waals surface area contributed by atoms with Crippen LogP contribution in [0.3, 0.4) is 0 Å². The predicted molar refractivity (Wildman–Crippen MR) is 65.0 cm³/mol. The molecule has 0 atom stereocenters. The minimum Gasteiger partial charge on any atom is -0.306 e. The summed E-state index contributed by atoms with van der Waals surface area (Å²) in [6.45, 7) is 1.78. The maximum Gasteiger partial charge on any atom is 0.244 e. The van der Waals surface area contributed by atoms with E-state index in [0.29, 0.717) is 0 Å². The monoisotopic (exact) mass is 234 g/mol. The standard InChI is InChI=1S/C12H18N4O/c1-16-7-4-12(5-8-16,11(17)15-13)10-3-2-6-14-9-10/h2-3,6,9H,4-5,7-8,13H2,1H3,(H,15,17). The fourth-order valence-corrected chi connectivity index (χ4v) is 2.43. The fraction of sp³-hybridized carbons (Fsp3) is 0.500. The first-order valence-electron chi connectivity index (χ1n) is 5.79. The number of piperidine rings is 1. The number of carbonyl (C=O) groups is 1. The summed E-state index contributed by atoms with van der Waals surface area (Å²) in [6.07, 6.45) is 5.03. The van der Waals surface area contributed by atoms with Crippen molar-refractivity contribution in [3.63, 3.8) is 0 Å².